The van der Waals surface area contributed by atoms with E-state index in [9.17, 15) is 10.1 Å². The molecular weight excluding hydrogens is 314 g/mol. The van der Waals surface area contributed by atoms with Crippen molar-refractivity contribution in [2.45, 2.75) is 6.92 Å². The van der Waals surface area contributed by atoms with E-state index in [1.165, 1.54) is 11.6 Å². The molecular formula is C20H18N3O2+. The lowest BCUT2D eigenvalue weighted by Crippen LogP contribution is -2.69. The number of hydrogen-bond acceptors (Lipinski definition) is 2. The van der Waals surface area contributed by atoms with E-state index in [0.29, 0.717) is 11.5 Å². The van der Waals surface area contributed by atoms with Gasteiger partial charge in [-0.25, -0.2) is 10.3 Å². The second kappa shape index (κ2) is 7.40. The van der Waals surface area contributed by atoms with E-state index < -0.39 is 4.92 Å². The third kappa shape index (κ3) is 4.09. The minimum absolute atomic E-state index is 0.0293. The molecule has 0 radical (unpaired) electrons. The fraction of sp³-hybridized carbons (Fsp3) is 0.0500. The van der Waals surface area contributed by atoms with Gasteiger partial charge < -0.3 is 0 Å². The summed E-state index contributed by atoms with van der Waals surface area (Å²) in [4.78, 5) is 14.1. The van der Waals surface area contributed by atoms with E-state index >= 15 is 0 Å². The van der Waals surface area contributed by atoms with Crippen molar-refractivity contribution in [3.05, 3.63) is 100 Å². The molecule has 3 rings (SSSR count). The Morgan fingerprint density at radius 2 is 1.56 bits per heavy atom. The van der Waals surface area contributed by atoms with Crippen molar-refractivity contribution in [2.75, 3.05) is 5.32 Å². The molecule has 25 heavy (non-hydrogen) atoms. The van der Waals surface area contributed by atoms with Crippen LogP contribution in [0.1, 0.15) is 11.1 Å². The lowest BCUT2D eigenvalue weighted by molar-refractivity contribution is -0.411. The minimum atomic E-state index is -0.392. The van der Waals surface area contributed by atoms with Crippen LogP contribution in [0.5, 0.6) is 0 Å². The highest BCUT2D eigenvalue weighted by atomic mass is 16.6. The summed E-state index contributed by atoms with van der Waals surface area (Å²) in [6.07, 6.45) is 0. The molecule has 0 aliphatic rings. The molecule has 0 spiro atoms. The van der Waals surface area contributed by atoms with E-state index in [4.69, 9.17) is 0 Å². The van der Waals surface area contributed by atoms with Gasteiger partial charge in [-0.15, -0.1) is 0 Å². The minimum Gasteiger partial charge on any atom is -0.258 e. The van der Waals surface area contributed by atoms with Crippen LogP contribution in [0.25, 0.3) is 0 Å². The summed E-state index contributed by atoms with van der Waals surface area (Å²) in [5.74, 6) is 0.679. The molecule has 124 valence electrons. The van der Waals surface area contributed by atoms with E-state index in [1.807, 2.05) is 61.5 Å². The van der Waals surface area contributed by atoms with Crippen LogP contribution in [0.15, 0.2) is 78.9 Å². The largest absolute Gasteiger partial charge is 0.315 e. The van der Waals surface area contributed by atoms with Crippen molar-refractivity contribution in [3.8, 4) is 0 Å². The number of rotatable bonds is 4. The van der Waals surface area contributed by atoms with Crippen molar-refractivity contribution in [3.63, 3.8) is 0 Å². The van der Waals surface area contributed by atoms with Crippen LogP contribution in [0.4, 0.5) is 17.1 Å². The average molecular weight is 332 g/mol. The van der Waals surface area contributed by atoms with Gasteiger partial charge in [0.25, 0.3) is 5.84 Å². The number of nitrogens with one attached hydrogen (secondary N) is 2. The summed E-state index contributed by atoms with van der Waals surface area (Å²) in [6.45, 7) is 2.02. The van der Waals surface area contributed by atoms with Crippen LogP contribution in [-0.4, -0.2) is 10.8 Å². The molecule has 2 N–H and O–H groups in total. The topological polar surface area (TPSA) is 69.1 Å². The Morgan fingerprint density at radius 1 is 0.920 bits per heavy atom. The Hall–Kier alpha value is -3.47. The highest BCUT2D eigenvalue weighted by molar-refractivity contribution is 6.04. The molecule has 0 saturated carbocycles. The van der Waals surface area contributed by atoms with Crippen LogP contribution in [0, 0.1) is 17.0 Å². The second-order valence-corrected chi connectivity index (χ2v) is 5.63. The lowest BCUT2D eigenvalue weighted by Gasteiger charge is -2.05. The van der Waals surface area contributed by atoms with Crippen molar-refractivity contribution in [2.24, 2.45) is 0 Å². The second-order valence-electron chi connectivity index (χ2n) is 5.63. The van der Waals surface area contributed by atoms with Crippen LogP contribution in [0.3, 0.4) is 0 Å². The van der Waals surface area contributed by atoms with Crippen LogP contribution in [0.2, 0.25) is 0 Å². The number of hydrogen-bond donors (Lipinski definition) is 2. The molecule has 0 atom stereocenters. The highest BCUT2D eigenvalue weighted by Crippen LogP contribution is 2.18. The Morgan fingerprint density at radius 3 is 2.24 bits per heavy atom. The van der Waals surface area contributed by atoms with Gasteiger partial charge in [-0.1, -0.05) is 48.0 Å². The number of nitro groups is 1. The average Bonchev–Trinajstić information content (AvgIpc) is 2.64. The predicted molar refractivity (Wildman–Crippen MR) is 99.1 cm³/mol. The molecule has 0 aliphatic heterocycles. The van der Waals surface area contributed by atoms with E-state index in [0.717, 1.165) is 11.3 Å². The first kappa shape index (κ1) is 16.4. The SMILES string of the molecule is Cc1ccc(NC(=[NH+]c2ccccc2[N+](=O)[O-])c2ccccc2)cc1. The molecule has 0 fully saturated rings. The van der Waals surface area contributed by atoms with Crippen molar-refractivity contribution in [1.29, 1.82) is 0 Å². The zero-order valence-corrected chi connectivity index (χ0v) is 13.8. The van der Waals surface area contributed by atoms with Gasteiger partial charge in [0.15, 0.2) is 0 Å². The monoisotopic (exact) mass is 332 g/mol. The van der Waals surface area contributed by atoms with Crippen molar-refractivity contribution < 1.29 is 9.92 Å². The van der Waals surface area contributed by atoms with E-state index in [-0.39, 0.29) is 5.69 Å². The van der Waals surface area contributed by atoms with Gasteiger partial charge in [-0.3, -0.25) is 10.1 Å². The predicted octanol–water partition coefficient (Wildman–Crippen LogP) is 3.17. The van der Waals surface area contributed by atoms with Crippen LogP contribution >= 0.6 is 0 Å². The Kier molecular flexibility index (Phi) is 4.85. The quantitative estimate of drug-likeness (QED) is 0.334. The Labute approximate surface area is 145 Å². The molecule has 0 bridgehead atoms. The zero-order chi connectivity index (χ0) is 17.6. The molecule has 3 aromatic rings. The van der Waals surface area contributed by atoms with Gasteiger partial charge in [0.05, 0.1) is 10.5 Å². The molecule has 5 nitrogen and oxygen atoms in total. The first-order valence-corrected chi connectivity index (χ1v) is 7.90. The van der Waals surface area contributed by atoms with Crippen molar-refractivity contribution >= 4 is 22.9 Å². The number of amidine groups is 1. The maximum Gasteiger partial charge on any atom is 0.315 e. The molecule has 0 unspecified atom stereocenters. The Balaban J connectivity index is 2.05. The standard InChI is InChI=1S/C20H17N3O2/c1-15-11-13-17(14-12-15)21-20(16-7-3-2-4-8-16)22-18-9-5-6-10-19(18)23(24)25/h2-14H,1H3,(H,21,22)/p+1. The van der Waals surface area contributed by atoms with E-state index in [1.54, 1.807) is 18.2 Å². The first-order chi connectivity index (χ1) is 12.1. The molecule has 0 aromatic heterocycles. The first-order valence-electron chi connectivity index (χ1n) is 7.90. The number of para-hydroxylation sites is 2. The van der Waals surface area contributed by atoms with Gasteiger partial charge in [-0.05, 0) is 37.3 Å². The normalized spacial score (nSPS) is 11.2. The smallest absolute Gasteiger partial charge is 0.258 e. The zero-order valence-electron chi connectivity index (χ0n) is 13.8. The summed E-state index contributed by atoms with van der Waals surface area (Å²) in [7, 11) is 0. The number of nitro benzene ring substituents is 1. The van der Waals surface area contributed by atoms with Gasteiger partial charge in [0.2, 0.25) is 5.69 Å². The summed E-state index contributed by atoms with van der Waals surface area (Å²) in [5.41, 5.74) is 3.43. The van der Waals surface area contributed by atoms with Crippen LogP contribution < -0.4 is 10.3 Å². The van der Waals surface area contributed by atoms with Gasteiger partial charge in [0, 0.05) is 6.07 Å². The number of nitrogens with zero attached hydrogens (tertiary/aromatic N) is 1. The maximum absolute atomic E-state index is 11.3. The molecule has 3 aromatic carbocycles. The fourth-order valence-corrected chi connectivity index (χ4v) is 2.43. The van der Waals surface area contributed by atoms with Crippen molar-refractivity contribution in [1.82, 2.24) is 0 Å². The summed E-state index contributed by atoms with van der Waals surface area (Å²) in [6, 6.07) is 24.2. The molecule has 0 saturated heterocycles. The molecule has 0 aliphatic carbocycles. The third-order valence-electron chi connectivity index (χ3n) is 3.74. The molecule has 0 heterocycles. The lowest BCUT2D eigenvalue weighted by atomic mass is 10.1. The van der Waals surface area contributed by atoms with E-state index in [2.05, 4.69) is 10.3 Å². The van der Waals surface area contributed by atoms with Crippen LogP contribution in [-0.2, 0) is 0 Å². The number of anilines is 1. The fourth-order valence-electron chi connectivity index (χ4n) is 2.43. The summed E-state index contributed by atoms with van der Waals surface area (Å²) in [5, 5.41) is 14.6. The molecule has 0 amide bonds. The van der Waals surface area contributed by atoms with Gasteiger partial charge in [-0.2, -0.15) is 0 Å². The number of aryl methyl sites for hydroxylation is 1. The Bertz CT molecular complexity index is 904. The number of benzene rings is 3. The highest BCUT2D eigenvalue weighted by Gasteiger charge is 2.18. The third-order valence-corrected chi connectivity index (χ3v) is 3.74. The van der Waals surface area contributed by atoms with Gasteiger partial charge >= 0.3 is 5.69 Å². The summed E-state index contributed by atoms with van der Waals surface area (Å²) >= 11 is 0. The van der Waals surface area contributed by atoms with Gasteiger partial charge in [0.1, 0.15) is 5.69 Å². The maximum atomic E-state index is 11.3. The molecule has 5 heteroatoms. The summed E-state index contributed by atoms with van der Waals surface area (Å²) < 4.78 is 0.